The van der Waals surface area contributed by atoms with Gasteiger partial charge in [-0.1, -0.05) is 0 Å². The number of ether oxygens (including phenoxy) is 1. The second kappa shape index (κ2) is 2.71. The van der Waals surface area contributed by atoms with Gasteiger partial charge in [0, 0.05) is 6.61 Å². The van der Waals surface area contributed by atoms with Crippen LogP contribution in [0.1, 0.15) is 45.4 Å². The SMILES string of the molecule is CC1(O)CCC2(CCCO2)CC1. The number of hydrogen-bond donors (Lipinski definition) is 1. The summed E-state index contributed by atoms with van der Waals surface area (Å²) in [6.07, 6.45) is 6.35. The van der Waals surface area contributed by atoms with E-state index in [9.17, 15) is 5.11 Å². The number of rotatable bonds is 0. The van der Waals surface area contributed by atoms with Crippen molar-refractivity contribution in [3.8, 4) is 0 Å². The van der Waals surface area contributed by atoms with Gasteiger partial charge in [0.25, 0.3) is 0 Å². The second-order valence-electron chi connectivity index (χ2n) is 4.63. The Hall–Kier alpha value is -0.0800. The van der Waals surface area contributed by atoms with Crippen LogP contribution >= 0.6 is 0 Å². The molecule has 1 spiro atoms. The van der Waals surface area contributed by atoms with Crippen molar-refractivity contribution in [1.82, 2.24) is 0 Å². The normalized spacial score (nSPS) is 48.5. The summed E-state index contributed by atoms with van der Waals surface area (Å²) in [6, 6.07) is 0. The van der Waals surface area contributed by atoms with Crippen LogP contribution in [0.2, 0.25) is 0 Å². The van der Waals surface area contributed by atoms with Crippen LogP contribution in [0.15, 0.2) is 0 Å². The van der Waals surface area contributed by atoms with Crippen molar-refractivity contribution in [2.24, 2.45) is 0 Å². The predicted octanol–water partition coefficient (Wildman–Crippen LogP) is 1.86. The fourth-order valence-corrected chi connectivity index (χ4v) is 2.39. The van der Waals surface area contributed by atoms with E-state index in [0.717, 1.165) is 32.3 Å². The van der Waals surface area contributed by atoms with Crippen molar-refractivity contribution in [2.75, 3.05) is 6.61 Å². The van der Waals surface area contributed by atoms with Gasteiger partial charge in [0.1, 0.15) is 0 Å². The third-order valence-corrected chi connectivity index (χ3v) is 3.42. The lowest BCUT2D eigenvalue weighted by atomic mass is 9.76. The Morgan fingerprint density at radius 2 is 1.75 bits per heavy atom. The minimum Gasteiger partial charge on any atom is -0.390 e. The summed E-state index contributed by atoms with van der Waals surface area (Å²) in [5, 5.41) is 9.76. The highest BCUT2D eigenvalue weighted by Crippen LogP contribution is 2.42. The average molecular weight is 170 g/mol. The fourth-order valence-electron chi connectivity index (χ4n) is 2.39. The van der Waals surface area contributed by atoms with Gasteiger partial charge < -0.3 is 9.84 Å². The molecule has 0 aromatic rings. The zero-order chi connectivity index (χ0) is 8.66. The van der Waals surface area contributed by atoms with Crippen LogP contribution in [0, 0.1) is 0 Å². The summed E-state index contributed by atoms with van der Waals surface area (Å²) < 4.78 is 5.76. The molecule has 0 aromatic carbocycles. The van der Waals surface area contributed by atoms with E-state index in [4.69, 9.17) is 4.74 Å². The third kappa shape index (κ3) is 1.50. The first kappa shape index (κ1) is 8.52. The van der Waals surface area contributed by atoms with E-state index in [1.807, 2.05) is 6.92 Å². The molecule has 0 unspecified atom stereocenters. The molecular formula is C10H18O2. The Labute approximate surface area is 73.9 Å². The standard InChI is InChI=1S/C10H18O2/c1-9(11)4-6-10(7-5-9)3-2-8-12-10/h11H,2-8H2,1H3. The zero-order valence-electron chi connectivity index (χ0n) is 7.81. The van der Waals surface area contributed by atoms with Crippen LogP contribution in [0.3, 0.4) is 0 Å². The molecule has 2 heteroatoms. The first-order chi connectivity index (χ1) is 5.62. The Morgan fingerprint density at radius 1 is 1.08 bits per heavy atom. The van der Waals surface area contributed by atoms with Crippen LogP contribution in [0.5, 0.6) is 0 Å². The van der Waals surface area contributed by atoms with Crippen molar-refractivity contribution < 1.29 is 9.84 Å². The maximum Gasteiger partial charge on any atom is 0.0685 e. The molecule has 0 radical (unpaired) electrons. The maximum atomic E-state index is 9.76. The van der Waals surface area contributed by atoms with Gasteiger partial charge in [-0.2, -0.15) is 0 Å². The highest BCUT2D eigenvalue weighted by molar-refractivity contribution is 4.94. The van der Waals surface area contributed by atoms with Crippen molar-refractivity contribution >= 4 is 0 Å². The van der Waals surface area contributed by atoms with Crippen LogP contribution in [0.25, 0.3) is 0 Å². The van der Waals surface area contributed by atoms with Gasteiger partial charge in [-0.3, -0.25) is 0 Å². The molecule has 12 heavy (non-hydrogen) atoms. The van der Waals surface area contributed by atoms with Gasteiger partial charge in [0.05, 0.1) is 11.2 Å². The molecule has 2 fully saturated rings. The average Bonchev–Trinajstić information content (AvgIpc) is 2.46. The predicted molar refractivity (Wildman–Crippen MR) is 47.0 cm³/mol. The largest absolute Gasteiger partial charge is 0.390 e. The highest BCUT2D eigenvalue weighted by Gasteiger charge is 2.42. The first-order valence-corrected chi connectivity index (χ1v) is 4.98. The smallest absolute Gasteiger partial charge is 0.0685 e. The lowest BCUT2D eigenvalue weighted by molar-refractivity contribution is -0.0832. The van der Waals surface area contributed by atoms with Crippen molar-refractivity contribution in [3.05, 3.63) is 0 Å². The minimum atomic E-state index is -0.419. The molecule has 0 amide bonds. The van der Waals surface area contributed by atoms with E-state index in [2.05, 4.69) is 0 Å². The van der Waals surface area contributed by atoms with E-state index in [0.29, 0.717) is 0 Å². The van der Waals surface area contributed by atoms with E-state index < -0.39 is 5.60 Å². The molecular weight excluding hydrogens is 152 g/mol. The lowest BCUT2D eigenvalue weighted by Crippen LogP contribution is -2.40. The summed E-state index contributed by atoms with van der Waals surface area (Å²) in [5.74, 6) is 0. The summed E-state index contributed by atoms with van der Waals surface area (Å²) in [6.45, 7) is 2.87. The summed E-state index contributed by atoms with van der Waals surface area (Å²) >= 11 is 0. The Kier molecular flexibility index (Phi) is 1.92. The van der Waals surface area contributed by atoms with E-state index >= 15 is 0 Å². The minimum absolute atomic E-state index is 0.169. The monoisotopic (exact) mass is 170 g/mol. The van der Waals surface area contributed by atoms with Crippen LogP contribution in [0.4, 0.5) is 0 Å². The quantitative estimate of drug-likeness (QED) is 0.601. The van der Waals surface area contributed by atoms with Gasteiger partial charge in [-0.15, -0.1) is 0 Å². The molecule has 1 N–H and O–H groups in total. The van der Waals surface area contributed by atoms with Gasteiger partial charge in [-0.05, 0) is 45.4 Å². The zero-order valence-corrected chi connectivity index (χ0v) is 7.81. The molecule has 0 atom stereocenters. The molecule has 1 aliphatic carbocycles. The molecule has 70 valence electrons. The van der Waals surface area contributed by atoms with Gasteiger partial charge in [-0.25, -0.2) is 0 Å². The summed E-state index contributed by atoms with van der Waals surface area (Å²) in [5.41, 5.74) is -0.251. The van der Waals surface area contributed by atoms with E-state index in [-0.39, 0.29) is 5.60 Å². The highest BCUT2D eigenvalue weighted by atomic mass is 16.5. The van der Waals surface area contributed by atoms with Crippen LogP contribution < -0.4 is 0 Å². The maximum absolute atomic E-state index is 9.76. The van der Waals surface area contributed by atoms with Crippen LogP contribution in [-0.2, 0) is 4.74 Å². The van der Waals surface area contributed by atoms with Gasteiger partial charge in [0.2, 0.25) is 0 Å². The summed E-state index contributed by atoms with van der Waals surface area (Å²) in [4.78, 5) is 0. The Bertz CT molecular complexity index is 157. The first-order valence-electron chi connectivity index (χ1n) is 4.98. The molecule has 2 rings (SSSR count). The summed E-state index contributed by atoms with van der Waals surface area (Å²) in [7, 11) is 0. The van der Waals surface area contributed by atoms with Crippen molar-refractivity contribution in [2.45, 2.75) is 56.7 Å². The fraction of sp³-hybridized carbons (Fsp3) is 1.00. The van der Waals surface area contributed by atoms with E-state index in [1.165, 1.54) is 12.8 Å². The van der Waals surface area contributed by atoms with Crippen molar-refractivity contribution in [3.63, 3.8) is 0 Å². The number of aliphatic hydroxyl groups is 1. The molecule has 1 saturated heterocycles. The Balaban J connectivity index is 1.97. The third-order valence-electron chi connectivity index (χ3n) is 3.42. The van der Waals surface area contributed by atoms with Gasteiger partial charge >= 0.3 is 0 Å². The molecule has 1 aliphatic heterocycles. The molecule has 1 saturated carbocycles. The number of hydrogen-bond acceptors (Lipinski definition) is 2. The second-order valence-corrected chi connectivity index (χ2v) is 4.63. The van der Waals surface area contributed by atoms with Crippen molar-refractivity contribution in [1.29, 1.82) is 0 Å². The molecule has 0 aromatic heterocycles. The molecule has 1 heterocycles. The lowest BCUT2D eigenvalue weighted by Gasteiger charge is -2.39. The Morgan fingerprint density at radius 3 is 2.25 bits per heavy atom. The topological polar surface area (TPSA) is 29.5 Å². The van der Waals surface area contributed by atoms with Crippen LogP contribution in [-0.4, -0.2) is 22.9 Å². The molecule has 2 aliphatic rings. The van der Waals surface area contributed by atoms with E-state index in [1.54, 1.807) is 0 Å². The van der Waals surface area contributed by atoms with Gasteiger partial charge in [0.15, 0.2) is 0 Å². The molecule has 0 bridgehead atoms. The molecule has 2 nitrogen and oxygen atoms in total.